The zero-order valence-electron chi connectivity index (χ0n) is 10.2. The Labute approximate surface area is 115 Å². The molecule has 0 radical (unpaired) electrons. The van der Waals surface area contributed by atoms with Gasteiger partial charge in [0, 0.05) is 27.9 Å². The Balaban J connectivity index is 2.04. The van der Waals surface area contributed by atoms with Gasteiger partial charge in [0.2, 0.25) is 0 Å². The lowest BCUT2D eigenvalue weighted by Crippen LogP contribution is -1.92. The van der Waals surface area contributed by atoms with Crippen LogP contribution in [-0.2, 0) is 0 Å². The zero-order valence-corrected chi connectivity index (χ0v) is 11.0. The SMILES string of the molecule is Nc1ccc(N)c(-c2nc(-c3ccccc3)cs2)c1. The number of aromatic nitrogens is 1. The molecule has 4 heteroatoms. The molecule has 0 aliphatic carbocycles. The van der Waals surface area contributed by atoms with Gasteiger partial charge in [0.1, 0.15) is 5.01 Å². The Morgan fingerprint density at radius 1 is 0.947 bits per heavy atom. The fraction of sp³-hybridized carbons (Fsp3) is 0. The van der Waals surface area contributed by atoms with Crippen LogP contribution in [0.15, 0.2) is 53.9 Å². The summed E-state index contributed by atoms with van der Waals surface area (Å²) in [5.74, 6) is 0. The summed E-state index contributed by atoms with van der Waals surface area (Å²) < 4.78 is 0. The van der Waals surface area contributed by atoms with E-state index in [4.69, 9.17) is 11.5 Å². The number of anilines is 2. The van der Waals surface area contributed by atoms with Gasteiger partial charge in [-0.15, -0.1) is 11.3 Å². The van der Waals surface area contributed by atoms with Crippen LogP contribution in [0.3, 0.4) is 0 Å². The maximum Gasteiger partial charge on any atom is 0.126 e. The Morgan fingerprint density at radius 3 is 2.53 bits per heavy atom. The van der Waals surface area contributed by atoms with Gasteiger partial charge in [-0.3, -0.25) is 0 Å². The molecule has 0 aliphatic rings. The predicted octanol–water partition coefficient (Wildman–Crippen LogP) is 3.64. The van der Waals surface area contributed by atoms with Gasteiger partial charge >= 0.3 is 0 Å². The summed E-state index contributed by atoms with van der Waals surface area (Å²) in [5.41, 5.74) is 16.1. The van der Waals surface area contributed by atoms with Crippen LogP contribution in [-0.4, -0.2) is 4.98 Å². The van der Waals surface area contributed by atoms with E-state index < -0.39 is 0 Å². The highest BCUT2D eigenvalue weighted by atomic mass is 32.1. The largest absolute Gasteiger partial charge is 0.399 e. The van der Waals surface area contributed by atoms with Gasteiger partial charge in [0.25, 0.3) is 0 Å². The molecule has 3 nitrogen and oxygen atoms in total. The van der Waals surface area contributed by atoms with E-state index in [0.29, 0.717) is 11.4 Å². The molecule has 2 aromatic carbocycles. The summed E-state index contributed by atoms with van der Waals surface area (Å²) in [6.07, 6.45) is 0. The van der Waals surface area contributed by atoms with Crippen LogP contribution in [0.25, 0.3) is 21.8 Å². The number of nitrogens with zero attached hydrogens (tertiary/aromatic N) is 1. The molecule has 0 saturated heterocycles. The molecule has 19 heavy (non-hydrogen) atoms. The van der Waals surface area contributed by atoms with E-state index in [9.17, 15) is 0 Å². The second-order valence-electron chi connectivity index (χ2n) is 4.25. The van der Waals surface area contributed by atoms with Crippen LogP contribution in [0, 0.1) is 0 Å². The first-order valence-electron chi connectivity index (χ1n) is 5.90. The third-order valence-corrected chi connectivity index (χ3v) is 3.76. The van der Waals surface area contributed by atoms with Crippen LogP contribution >= 0.6 is 11.3 Å². The quantitative estimate of drug-likeness (QED) is 0.697. The minimum absolute atomic E-state index is 0.695. The molecule has 0 spiro atoms. The van der Waals surface area contributed by atoms with Crippen LogP contribution in [0.5, 0.6) is 0 Å². The van der Waals surface area contributed by atoms with Crippen molar-refractivity contribution in [3.8, 4) is 21.8 Å². The number of benzene rings is 2. The van der Waals surface area contributed by atoms with Gasteiger partial charge in [-0.05, 0) is 18.2 Å². The van der Waals surface area contributed by atoms with Gasteiger partial charge < -0.3 is 11.5 Å². The summed E-state index contributed by atoms with van der Waals surface area (Å²) in [4.78, 5) is 4.64. The van der Waals surface area contributed by atoms with E-state index >= 15 is 0 Å². The van der Waals surface area contributed by atoms with Crippen molar-refractivity contribution in [1.82, 2.24) is 4.98 Å². The summed E-state index contributed by atoms with van der Waals surface area (Å²) in [7, 11) is 0. The predicted molar refractivity (Wildman–Crippen MR) is 81.8 cm³/mol. The summed E-state index contributed by atoms with van der Waals surface area (Å²) in [6, 6.07) is 15.6. The molecule has 94 valence electrons. The normalized spacial score (nSPS) is 10.5. The molecule has 0 saturated carbocycles. The number of rotatable bonds is 2. The van der Waals surface area contributed by atoms with Crippen molar-refractivity contribution in [3.05, 3.63) is 53.9 Å². The summed E-state index contributed by atoms with van der Waals surface area (Å²) in [6.45, 7) is 0. The van der Waals surface area contributed by atoms with E-state index in [1.807, 2.05) is 47.8 Å². The van der Waals surface area contributed by atoms with Crippen molar-refractivity contribution in [2.45, 2.75) is 0 Å². The third-order valence-electron chi connectivity index (χ3n) is 2.88. The van der Waals surface area contributed by atoms with E-state index in [1.54, 1.807) is 17.4 Å². The van der Waals surface area contributed by atoms with Gasteiger partial charge in [0.05, 0.1) is 5.69 Å². The Hall–Kier alpha value is -2.33. The molecule has 1 heterocycles. The molecule has 0 fully saturated rings. The van der Waals surface area contributed by atoms with Crippen molar-refractivity contribution in [1.29, 1.82) is 0 Å². The topological polar surface area (TPSA) is 64.9 Å². The maximum absolute atomic E-state index is 5.98. The van der Waals surface area contributed by atoms with E-state index in [0.717, 1.165) is 21.8 Å². The second-order valence-corrected chi connectivity index (χ2v) is 5.11. The molecule has 3 rings (SSSR count). The van der Waals surface area contributed by atoms with Crippen molar-refractivity contribution in [3.63, 3.8) is 0 Å². The van der Waals surface area contributed by atoms with Gasteiger partial charge in [0.15, 0.2) is 0 Å². The number of nitrogens with two attached hydrogens (primary N) is 2. The first-order chi connectivity index (χ1) is 9.24. The third kappa shape index (κ3) is 2.30. The van der Waals surface area contributed by atoms with Gasteiger partial charge in [-0.2, -0.15) is 0 Å². The first kappa shape index (κ1) is 11.7. The average Bonchev–Trinajstić information content (AvgIpc) is 2.92. The monoisotopic (exact) mass is 267 g/mol. The minimum Gasteiger partial charge on any atom is -0.399 e. The molecule has 0 bridgehead atoms. The Morgan fingerprint density at radius 2 is 1.74 bits per heavy atom. The number of hydrogen-bond donors (Lipinski definition) is 2. The molecule has 3 aromatic rings. The number of hydrogen-bond acceptors (Lipinski definition) is 4. The zero-order chi connectivity index (χ0) is 13.2. The smallest absolute Gasteiger partial charge is 0.126 e. The van der Waals surface area contributed by atoms with E-state index in [-0.39, 0.29) is 0 Å². The highest BCUT2D eigenvalue weighted by molar-refractivity contribution is 7.13. The summed E-state index contributed by atoms with van der Waals surface area (Å²) in [5, 5.41) is 2.93. The fourth-order valence-corrected chi connectivity index (χ4v) is 2.76. The first-order valence-corrected chi connectivity index (χ1v) is 6.78. The highest BCUT2D eigenvalue weighted by Crippen LogP contribution is 2.33. The number of nitrogen functional groups attached to an aromatic ring is 2. The van der Waals surface area contributed by atoms with Crippen molar-refractivity contribution in [2.75, 3.05) is 11.5 Å². The maximum atomic E-state index is 5.98. The Kier molecular flexibility index (Phi) is 2.93. The van der Waals surface area contributed by atoms with Gasteiger partial charge in [-0.1, -0.05) is 30.3 Å². The Bertz CT molecular complexity index is 704. The van der Waals surface area contributed by atoms with Gasteiger partial charge in [-0.25, -0.2) is 4.98 Å². The fourth-order valence-electron chi connectivity index (χ4n) is 1.90. The molecule has 1 aromatic heterocycles. The lowest BCUT2D eigenvalue weighted by Gasteiger charge is -2.03. The molecule has 0 amide bonds. The van der Waals surface area contributed by atoms with Crippen LogP contribution in [0.2, 0.25) is 0 Å². The molecule has 0 atom stereocenters. The lowest BCUT2D eigenvalue weighted by molar-refractivity contribution is 1.40. The van der Waals surface area contributed by atoms with Crippen molar-refractivity contribution < 1.29 is 0 Å². The van der Waals surface area contributed by atoms with Crippen LogP contribution in [0.4, 0.5) is 11.4 Å². The molecule has 0 aliphatic heterocycles. The highest BCUT2D eigenvalue weighted by Gasteiger charge is 2.09. The van der Waals surface area contributed by atoms with E-state index in [1.165, 1.54) is 0 Å². The molecule has 4 N–H and O–H groups in total. The number of thiazole rings is 1. The standard InChI is InChI=1S/C15H13N3S/c16-11-6-7-13(17)12(8-11)15-18-14(9-19-15)10-4-2-1-3-5-10/h1-9H,16-17H2. The second kappa shape index (κ2) is 4.74. The van der Waals surface area contributed by atoms with E-state index in [2.05, 4.69) is 4.98 Å². The van der Waals surface area contributed by atoms with Crippen LogP contribution in [0.1, 0.15) is 0 Å². The lowest BCUT2D eigenvalue weighted by atomic mass is 10.1. The van der Waals surface area contributed by atoms with Crippen LogP contribution < -0.4 is 11.5 Å². The molecular weight excluding hydrogens is 254 g/mol. The molecule has 0 unspecified atom stereocenters. The molecular formula is C15H13N3S. The minimum atomic E-state index is 0.695. The summed E-state index contributed by atoms with van der Waals surface area (Å²) >= 11 is 1.57. The van der Waals surface area contributed by atoms with Crippen molar-refractivity contribution in [2.24, 2.45) is 0 Å². The average molecular weight is 267 g/mol. The van der Waals surface area contributed by atoms with Crippen molar-refractivity contribution >= 4 is 22.7 Å².